The van der Waals surface area contributed by atoms with E-state index in [1.54, 1.807) is 0 Å². The van der Waals surface area contributed by atoms with Crippen molar-refractivity contribution in [3.05, 3.63) is 72.9 Å². The van der Waals surface area contributed by atoms with E-state index in [4.69, 9.17) is 4.74 Å². The Morgan fingerprint density at radius 1 is 0.633 bits per heavy atom. The van der Waals surface area contributed by atoms with E-state index in [1.807, 2.05) is 54.7 Å². The molecule has 0 aromatic rings. The van der Waals surface area contributed by atoms with Crippen LogP contribution in [0.25, 0.3) is 0 Å². The van der Waals surface area contributed by atoms with E-state index in [0.29, 0.717) is 19.3 Å². The molecule has 0 radical (unpaired) electrons. The smallest absolute Gasteiger partial charge is 0.306 e. The van der Waals surface area contributed by atoms with Crippen LogP contribution in [-0.2, 0) is 14.3 Å². The molecule has 0 spiro atoms. The first-order valence-corrected chi connectivity index (χ1v) is 19.7. The summed E-state index contributed by atoms with van der Waals surface area (Å²) in [6, 6.07) is -0.739. The molecule has 3 atom stereocenters. The summed E-state index contributed by atoms with van der Waals surface area (Å²) in [7, 11) is 0. The predicted octanol–water partition coefficient (Wildman–Crippen LogP) is 10.7. The van der Waals surface area contributed by atoms with Gasteiger partial charge in [-0.05, 0) is 38.5 Å². The quantitative estimate of drug-likeness (QED) is 0.0277. The minimum atomic E-state index is -0.817. The van der Waals surface area contributed by atoms with E-state index in [9.17, 15) is 19.8 Å². The van der Waals surface area contributed by atoms with Crippen molar-refractivity contribution < 1.29 is 24.5 Å². The van der Waals surface area contributed by atoms with Crippen LogP contribution in [0, 0.1) is 0 Å². The molecule has 0 rings (SSSR count). The van der Waals surface area contributed by atoms with Crippen LogP contribution in [0.5, 0.6) is 0 Å². The van der Waals surface area contributed by atoms with Gasteiger partial charge in [-0.1, -0.05) is 177 Å². The second-order valence-electron chi connectivity index (χ2n) is 13.1. The van der Waals surface area contributed by atoms with Crippen LogP contribution in [0.1, 0.15) is 162 Å². The number of aliphatic hydroxyl groups excluding tert-OH is 2. The molecule has 280 valence electrons. The summed E-state index contributed by atoms with van der Waals surface area (Å²) in [6.07, 6.45) is 44.2. The van der Waals surface area contributed by atoms with Crippen molar-refractivity contribution in [1.82, 2.24) is 5.32 Å². The summed E-state index contributed by atoms with van der Waals surface area (Å²) in [5.74, 6) is -0.632. The molecular formula is C43H73NO5. The number of carbonyl (C=O) groups is 2. The van der Waals surface area contributed by atoms with Crippen LogP contribution in [0.4, 0.5) is 0 Å². The third-order valence-corrected chi connectivity index (χ3v) is 8.38. The van der Waals surface area contributed by atoms with Gasteiger partial charge in [-0.3, -0.25) is 9.59 Å². The fourth-order valence-electron chi connectivity index (χ4n) is 5.39. The first-order valence-electron chi connectivity index (χ1n) is 19.7. The molecule has 0 aliphatic heterocycles. The Labute approximate surface area is 301 Å². The zero-order valence-electron chi connectivity index (χ0n) is 31.5. The SMILES string of the molecule is CC/C=C/C=C/C=C\C=C/C=C/CC(CC(=O)NC(CO)C(O)CCCCCCCCCCC)OC(=O)CCCCCCC/C=C\CCC. The van der Waals surface area contributed by atoms with Crippen molar-refractivity contribution in [2.24, 2.45) is 0 Å². The average molecular weight is 684 g/mol. The fourth-order valence-corrected chi connectivity index (χ4v) is 5.39. The van der Waals surface area contributed by atoms with Gasteiger partial charge in [0.2, 0.25) is 5.91 Å². The van der Waals surface area contributed by atoms with E-state index in [2.05, 4.69) is 44.3 Å². The lowest BCUT2D eigenvalue weighted by Gasteiger charge is -2.24. The number of esters is 1. The van der Waals surface area contributed by atoms with Crippen LogP contribution in [0.15, 0.2) is 72.9 Å². The molecule has 0 saturated carbocycles. The lowest BCUT2D eigenvalue weighted by atomic mass is 10.0. The van der Waals surface area contributed by atoms with E-state index in [0.717, 1.165) is 64.2 Å². The molecule has 6 nitrogen and oxygen atoms in total. The summed E-state index contributed by atoms with van der Waals surface area (Å²) in [6.45, 7) is 6.17. The molecule has 0 saturated heterocycles. The lowest BCUT2D eigenvalue weighted by Crippen LogP contribution is -2.46. The Morgan fingerprint density at radius 3 is 1.80 bits per heavy atom. The van der Waals surface area contributed by atoms with Gasteiger partial charge in [0.25, 0.3) is 0 Å². The number of ether oxygens (including phenoxy) is 1. The third-order valence-electron chi connectivity index (χ3n) is 8.38. The molecule has 1 amide bonds. The summed E-state index contributed by atoms with van der Waals surface area (Å²) in [5.41, 5.74) is 0. The second kappa shape index (κ2) is 36.6. The molecule has 0 bridgehead atoms. The Morgan fingerprint density at radius 2 is 1.18 bits per heavy atom. The molecular weight excluding hydrogens is 610 g/mol. The molecule has 3 unspecified atom stereocenters. The van der Waals surface area contributed by atoms with Gasteiger partial charge in [-0.25, -0.2) is 0 Å². The topological polar surface area (TPSA) is 95.9 Å². The number of aliphatic hydroxyl groups is 2. The number of amides is 1. The Balaban J connectivity index is 4.84. The molecule has 0 fully saturated rings. The van der Waals surface area contributed by atoms with Crippen LogP contribution in [0.3, 0.4) is 0 Å². The number of rotatable bonds is 33. The molecule has 0 heterocycles. The molecule has 3 N–H and O–H groups in total. The van der Waals surface area contributed by atoms with Crippen molar-refractivity contribution in [2.45, 2.75) is 180 Å². The zero-order valence-corrected chi connectivity index (χ0v) is 31.5. The fraction of sp³-hybridized carbons (Fsp3) is 0.674. The number of hydrogen-bond acceptors (Lipinski definition) is 5. The van der Waals surface area contributed by atoms with Gasteiger partial charge < -0.3 is 20.3 Å². The van der Waals surface area contributed by atoms with Gasteiger partial charge in [0.1, 0.15) is 6.10 Å². The number of hydrogen-bond donors (Lipinski definition) is 3. The summed E-state index contributed by atoms with van der Waals surface area (Å²) in [5, 5.41) is 23.4. The summed E-state index contributed by atoms with van der Waals surface area (Å²) in [4.78, 5) is 25.7. The second-order valence-corrected chi connectivity index (χ2v) is 13.1. The average Bonchev–Trinajstić information content (AvgIpc) is 3.09. The van der Waals surface area contributed by atoms with E-state index in [-0.39, 0.29) is 24.9 Å². The molecule has 0 aliphatic carbocycles. The number of carbonyl (C=O) groups excluding carboxylic acids is 2. The first-order chi connectivity index (χ1) is 24.0. The van der Waals surface area contributed by atoms with E-state index in [1.165, 1.54) is 51.4 Å². The minimum absolute atomic E-state index is 0.0252. The van der Waals surface area contributed by atoms with Crippen LogP contribution in [0.2, 0.25) is 0 Å². The highest BCUT2D eigenvalue weighted by Gasteiger charge is 2.23. The maximum Gasteiger partial charge on any atom is 0.306 e. The van der Waals surface area contributed by atoms with Crippen LogP contribution < -0.4 is 5.32 Å². The molecule has 49 heavy (non-hydrogen) atoms. The highest BCUT2D eigenvalue weighted by Crippen LogP contribution is 2.15. The van der Waals surface area contributed by atoms with Gasteiger partial charge in [0.15, 0.2) is 0 Å². The number of nitrogens with one attached hydrogen (secondary N) is 1. The monoisotopic (exact) mass is 684 g/mol. The van der Waals surface area contributed by atoms with Crippen molar-refractivity contribution in [1.29, 1.82) is 0 Å². The van der Waals surface area contributed by atoms with Gasteiger partial charge in [0.05, 0.1) is 25.2 Å². The van der Waals surface area contributed by atoms with E-state index < -0.39 is 18.2 Å². The number of allylic oxidation sites excluding steroid dienone is 11. The summed E-state index contributed by atoms with van der Waals surface area (Å²) < 4.78 is 5.77. The normalized spacial score (nSPS) is 14.3. The maximum atomic E-state index is 13.0. The molecule has 0 aromatic carbocycles. The predicted molar refractivity (Wildman–Crippen MR) is 208 cm³/mol. The highest BCUT2D eigenvalue weighted by molar-refractivity contribution is 5.77. The van der Waals surface area contributed by atoms with Crippen LogP contribution in [-0.4, -0.2) is 46.9 Å². The Hall–Kier alpha value is -2.70. The largest absolute Gasteiger partial charge is 0.461 e. The van der Waals surface area contributed by atoms with Gasteiger partial charge in [-0.2, -0.15) is 0 Å². The van der Waals surface area contributed by atoms with Crippen molar-refractivity contribution in [2.75, 3.05) is 6.61 Å². The Kier molecular flexibility index (Phi) is 34.6. The highest BCUT2D eigenvalue weighted by atomic mass is 16.5. The maximum absolute atomic E-state index is 13.0. The van der Waals surface area contributed by atoms with Crippen molar-refractivity contribution in [3.8, 4) is 0 Å². The zero-order chi connectivity index (χ0) is 36.0. The Bertz CT molecular complexity index is 948. The lowest BCUT2D eigenvalue weighted by molar-refractivity contribution is -0.150. The van der Waals surface area contributed by atoms with Crippen LogP contribution >= 0.6 is 0 Å². The summed E-state index contributed by atoms with van der Waals surface area (Å²) >= 11 is 0. The van der Waals surface area contributed by atoms with Gasteiger partial charge >= 0.3 is 5.97 Å². The standard InChI is InChI=1S/C43H73NO5/c1-4-7-10-13-16-19-21-23-25-28-31-34-39(49-43(48)36-33-30-27-24-20-17-14-11-8-5-2)37-42(47)44-40(38-45)41(46)35-32-29-26-22-18-15-12-9-6-3/h7,10-11,13-14,16,19,21,23,25,28,31,39-41,45-46H,4-6,8-9,12,15,17-18,20,22,24,26-27,29-30,32-38H2,1-3H3,(H,44,47)/b10-7+,14-11-,16-13+,21-19-,25-23-,31-28+. The molecule has 0 aliphatic rings. The first kappa shape index (κ1) is 46.3. The molecule has 0 aromatic heterocycles. The van der Waals surface area contributed by atoms with Crippen molar-refractivity contribution >= 4 is 11.9 Å². The van der Waals surface area contributed by atoms with Crippen molar-refractivity contribution in [3.63, 3.8) is 0 Å². The minimum Gasteiger partial charge on any atom is -0.461 e. The van der Waals surface area contributed by atoms with Gasteiger partial charge in [0, 0.05) is 12.8 Å². The van der Waals surface area contributed by atoms with Gasteiger partial charge in [-0.15, -0.1) is 0 Å². The van der Waals surface area contributed by atoms with E-state index >= 15 is 0 Å². The third kappa shape index (κ3) is 32.3. The molecule has 6 heteroatoms. The number of unbranched alkanes of at least 4 members (excludes halogenated alkanes) is 14.